The molecule has 0 bridgehead atoms. The van der Waals surface area contributed by atoms with Crippen LogP contribution < -0.4 is 15.6 Å². The lowest BCUT2D eigenvalue weighted by atomic mass is 10.1. The maximum Gasteiger partial charge on any atom is 0.252 e. The van der Waals surface area contributed by atoms with Crippen LogP contribution in [0.5, 0.6) is 5.75 Å². The number of H-pyrrole nitrogens is 1. The Morgan fingerprint density at radius 3 is 2.57 bits per heavy atom. The number of thioether (sulfide) groups is 1. The number of aromatic amines is 1. The summed E-state index contributed by atoms with van der Waals surface area (Å²) in [6.07, 6.45) is 0. The van der Waals surface area contributed by atoms with Crippen molar-refractivity contribution in [3.63, 3.8) is 0 Å². The van der Waals surface area contributed by atoms with Gasteiger partial charge in [-0.2, -0.15) is 0 Å². The number of ether oxygens (including phenoxy) is 1. The minimum atomic E-state index is -0.298. The number of nitrogens with zero attached hydrogens (tertiary/aromatic N) is 1. The maximum atomic E-state index is 12.2. The fraction of sp³-hybridized carbons (Fsp3) is 0.105. The van der Waals surface area contributed by atoms with Crippen LogP contribution in [0.25, 0.3) is 11.3 Å². The molecule has 3 rings (SSSR count). The van der Waals surface area contributed by atoms with E-state index in [1.165, 1.54) is 6.07 Å². The number of amides is 1. The van der Waals surface area contributed by atoms with Crippen LogP contribution in [0.15, 0.2) is 58.5 Å². The summed E-state index contributed by atoms with van der Waals surface area (Å²) in [5.74, 6) is 0.512. The van der Waals surface area contributed by atoms with Crippen molar-refractivity contribution in [1.82, 2.24) is 9.97 Å². The number of methoxy groups -OCH3 is 1. The Kier molecular flexibility index (Phi) is 6.61. The molecule has 0 atom stereocenters. The Balaban J connectivity index is 1.68. The van der Waals surface area contributed by atoms with Gasteiger partial charge in [0, 0.05) is 17.3 Å². The highest BCUT2D eigenvalue weighted by molar-refractivity contribution is 7.99. The summed E-state index contributed by atoms with van der Waals surface area (Å²) in [6.45, 7) is 0. The van der Waals surface area contributed by atoms with Gasteiger partial charge in [0.25, 0.3) is 5.56 Å². The zero-order chi connectivity index (χ0) is 20.1. The van der Waals surface area contributed by atoms with Gasteiger partial charge in [-0.1, -0.05) is 35.0 Å². The molecule has 2 N–H and O–H groups in total. The Bertz CT molecular complexity index is 1060. The van der Waals surface area contributed by atoms with Crippen molar-refractivity contribution < 1.29 is 9.53 Å². The van der Waals surface area contributed by atoms with Gasteiger partial charge in [0.1, 0.15) is 5.75 Å². The van der Waals surface area contributed by atoms with Crippen molar-refractivity contribution in [3.05, 3.63) is 68.9 Å². The first-order chi connectivity index (χ1) is 13.4. The number of benzene rings is 2. The van der Waals surface area contributed by atoms with Crippen LogP contribution in [0.1, 0.15) is 0 Å². The van der Waals surface area contributed by atoms with E-state index in [1.807, 2.05) is 12.1 Å². The van der Waals surface area contributed by atoms with Crippen molar-refractivity contribution in [3.8, 4) is 17.0 Å². The van der Waals surface area contributed by atoms with Crippen LogP contribution in [0.2, 0.25) is 10.0 Å². The number of nitrogens with one attached hydrogen (secondary N) is 2. The minimum absolute atomic E-state index is 0.0647. The molecule has 144 valence electrons. The SMILES string of the molecule is COc1ccc(-c2cc(=O)[nH]c(SCC(=O)Nc3ccc(Cl)c(Cl)c3)n2)cc1. The molecule has 1 amide bonds. The van der Waals surface area contributed by atoms with E-state index in [0.717, 1.165) is 17.3 Å². The molecule has 0 radical (unpaired) electrons. The highest BCUT2D eigenvalue weighted by Gasteiger charge is 2.09. The lowest BCUT2D eigenvalue weighted by Gasteiger charge is -2.07. The van der Waals surface area contributed by atoms with Crippen molar-refractivity contribution in [1.29, 1.82) is 0 Å². The number of anilines is 1. The molecule has 0 aliphatic carbocycles. The quantitative estimate of drug-likeness (QED) is 0.440. The van der Waals surface area contributed by atoms with Gasteiger partial charge < -0.3 is 15.0 Å². The Labute approximate surface area is 175 Å². The zero-order valence-corrected chi connectivity index (χ0v) is 17.0. The van der Waals surface area contributed by atoms with Crippen LogP contribution in [0.4, 0.5) is 5.69 Å². The number of hydrogen-bond acceptors (Lipinski definition) is 5. The van der Waals surface area contributed by atoms with Crippen molar-refractivity contribution >= 4 is 46.6 Å². The molecule has 6 nitrogen and oxygen atoms in total. The Morgan fingerprint density at radius 1 is 1.14 bits per heavy atom. The monoisotopic (exact) mass is 435 g/mol. The third-order valence-electron chi connectivity index (χ3n) is 3.65. The second kappa shape index (κ2) is 9.14. The van der Waals surface area contributed by atoms with Crippen LogP contribution >= 0.6 is 35.0 Å². The number of rotatable bonds is 6. The first-order valence-corrected chi connectivity index (χ1v) is 9.82. The van der Waals surface area contributed by atoms with Gasteiger partial charge in [-0.25, -0.2) is 4.98 Å². The molecule has 0 aliphatic heterocycles. The van der Waals surface area contributed by atoms with E-state index >= 15 is 0 Å². The van der Waals surface area contributed by atoms with E-state index in [4.69, 9.17) is 27.9 Å². The number of aromatic nitrogens is 2. The van der Waals surface area contributed by atoms with Gasteiger partial charge >= 0.3 is 0 Å². The second-order valence-electron chi connectivity index (χ2n) is 5.63. The second-order valence-corrected chi connectivity index (χ2v) is 7.41. The van der Waals surface area contributed by atoms with Crippen molar-refractivity contribution in [2.45, 2.75) is 5.16 Å². The first-order valence-electron chi connectivity index (χ1n) is 8.08. The molecule has 0 unspecified atom stereocenters. The highest BCUT2D eigenvalue weighted by Crippen LogP contribution is 2.25. The van der Waals surface area contributed by atoms with Gasteiger partial charge in [0.05, 0.1) is 28.6 Å². The van der Waals surface area contributed by atoms with E-state index < -0.39 is 0 Å². The first kappa shape index (κ1) is 20.3. The Hall–Kier alpha value is -2.48. The van der Waals surface area contributed by atoms with E-state index in [1.54, 1.807) is 37.4 Å². The van der Waals surface area contributed by atoms with E-state index in [2.05, 4.69) is 15.3 Å². The third-order valence-corrected chi connectivity index (χ3v) is 5.26. The molecular formula is C19H15Cl2N3O3S. The van der Waals surface area contributed by atoms with E-state index in [0.29, 0.717) is 32.3 Å². The van der Waals surface area contributed by atoms with Crippen molar-refractivity contribution in [2.75, 3.05) is 18.2 Å². The number of carbonyl (C=O) groups is 1. The van der Waals surface area contributed by atoms with Gasteiger partial charge in [0.2, 0.25) is 5.91 Å². The summed E-state index contributed by atoms with van der Waals surface area (Å²) in [7, 11) is 1.58. The predicted octanol–water partition coefficient (Wildman–Crippen LogP) is 4.48. The summed E-state index contributed by atoms with van der Waals surface area (Å²) >= 11 is 12.9. The lowest BCUT2D eigenvalue weighted by molar-refractivity contribution is -0.113. The number of carbonyl (C=O) groups excluding carboxylic acids is 1. The molecule has 0 saturated carbocycles. The van der Waals surface area contributed by atoms with Crippen LogP contribution in [0, 0.1) is 0 Å². The normalized spacial score (nSPS) is 10.5. The standard InChI is InChI=1S/C19H15Cl2N3O3S/c1-27-13-5-2-11(3-6-13)16-9-17(25)24-19(23-16)28-10-18(26)22-12-4-7-14(20)15(21)8-12/h2-9H,10H2,1H3,(H,22,26)(H,23,24,25). The molecular weight excluding hydrogens is 421 g/mol. The van der Waals surface area contributed by atoms with E-state index in [9.17, 15) is 9.59 Å². The molecule has 0 saturated heterocycles. The average Bonchev–Trinajstić information content (AvgIpc) is 2.69. The third kappa shape index (κ3) is 5.28. The molecule has 3 aromatic rings. The van der Waals surface area contributed by atoms with Crippen LogP contribution in [-0.2, 0) is 4.79 Å². The van der Waals surface area contributed by atoms with Gasteiger partial charge in [-0.05, 0) is 42.5 Å². The van der Waals surface area contributed by atoms with Gasteiger partial charge in [0.15, 0.2) is 5.16 Å². The predicted molar refractivity (Wildman–Crippen MR) is 113 cm³/mol. The van der Waals surface area contributed by atoms with Crippen LogP contribution in [0.3, 0.4) is 0 Å². The summed E-state index contributed by atoms with van der Waals surface area (Å²) in [5.41, 5.74) is 1.52. The molecule has 28 heavy (non-hydrogen) atoms. The van der Waals surface area contributed by atoms with Crippen LogP contribution in [-0.4, -0.2) is 28.7 Å². The summed E-state index contributed by atoms with van der Waals surface area (Å²) in [5, 5.41) is 3.83. The summed E-state index contributed by atoms with van der Waals surface area (Å²) in [4.78, 5) is 31.1. The fourth-order valence-corrected chi connectivity index (χ4v) is 3.29. The smallest absolute Gasteiger partial charge is 0.252 e. The largest absolute Gasteiger partial charge is 0.497 e. The number of hydrogen-bond donors (Lipinski definition) is 2. The Morgan fingerprint density at radius 2 is 1.89 bits per heavy atom. The molecule has 0 spiro atoms. The molecule has 0 fully saturated rings. The summed E-state index contributed by atoms with van der Waals surface area (Å²) < 4.78 is 5.13. The topological polar surface area (TPSA) is 84.1 Å². The maximum absolute atomic E-state index is 12.2. The summed E-state index contributed by atoms with van der Waals surface area (Å²) in [6, 6.07) is 13.4. The number of halogens is 2. The molecule has 9 heteroatoms. The zero-order valence-electron chi connectivity index (χ0n) is 14.7. The van der Waals surface area contributed by atoms with Gasteiger partial charge in [-0.3, -0.25) is 9.59 Å². The highest BCUT2D eigenvalue weighted by atomic mass is 35.5. The molecule has 1 heterocycles. The minimum Gasteiger partial charge on any atom is -0.497 e. The fourth-order valence-electron chi connectivity index (χ4n) is 2.32. The van der Waals surface area contributed by atoms with Gasteiger partial charge in [-0.15, -0.1) is 0 Å². The lowest BCUT2D eigenvalue weighted by Crippen LogP contribution is -2.15. The van der Waals surface area contributed by atoms with Crippen molar-refractivity contribution in [2.24, 2.45) is 0 Å². The average molecular weight is 436 g/mol. The molecule has 1 aromatic heterocycles. The molecule has 0 aliphatic rings. The van der Waals surface area contributed by atoms with E-state index in [-0.39, 0.29) is 17.2 Å². The molecule has 2 aromatic carbocycles.